The fraction of sp³-hybridized carbons (Fsp3) is 0. The number of primary amides is 1. The first-order valence-electron chi connectivity index (χ1n) is 8.40. The quantitative estimate of drug-likeness (QED) is 0.547. The van der Waals surface area contributed by atoms with Gasteiger partial charge in [0.2, 0.25) is 5.82 Å². The predicted octanol–water partition coefficient (Wildman–Crippen LogP) is 4.00. The van der Waals surface area contributed by atoms with Crippen molar-refractivity contribution in [3.05, 3.63) is 78.4 Å². The van der Waals surface area contributed by atoms with Crippen LogP contribution in [0.15, 0.2) is 77.3 Å². The fourth-order valence-electron chi connectivity index (χ4n) is 2.62. The molecule has 0 unspecified atom stereocenters. The molecule has 28 heavy (non-hydrogen) atoms. The number of benzene rings is 3. The maximum atomic E-state index is 11.5. The Balaban J connectivity index is 1.54. The molecule has 4 rings (SSSR count). The number of hydrogen-bond acceptors (Lipinski definition) is 6. The Kier molecular flexibility index (Phi) is 4.47. The largest absolute Gasteiger partial charge is 0.508 e. The lowest BCUT2D eigenvalue weighted by molar-refractivity contribution is 0.0998. The average Bonchev–Trinajstić information content (AvgIpc) is 3.19. The van der Waals surface area contributed by atoms with Crippen LogP contribution < -0.4 is 10.5 Å². The minimum Gasteiger partial charge on any atom is -0.508 e. The van der Waals surface area contributed by atoms with E-state index in [1.54, 1.807) is 72.8 Å². The molecule has 1 heterocycles. The van der Waals surface area contributed by atoms with Gasteiger partial charge >= 0.3 is 0 Å². The normalized spacial score (nSPS) is 10.6. The summed E-state index contributed by atoms with van der Waals surface area (Å²) in [5, 5.41) is 13.3. The summed E-state index contributed by atoms with van der Waals surface area (Å²) in [6.07, 6.45) is 0. The van der Waals surface area contributed by atoms with Crippen LogP contribution in [0.25, 0.3) is 22.8 Å². The maximum absolute atomic E-state index is 11.5. The zero-order chi connectivity index (χ0) is 19.5. The van der Waals surface area contributed by atoms with Crippen molar-refractivity contribution in [2.24, 2.45) is 5.73 Å². The molecular formula is C21H15N3O4. The summed E-state index contributed by atoms with van der Waals surface area (Å²) in [4.78, 5) is 15.9. The molecule has 3 aromatic carbocycles. The van der Waals surface area contributed by atoms with Crippen LogP contribution in [-0.2, 0) is 0 Å². The number of nitrogens with two attached hydrogens (primary N) is 1. The molecule has 0 spiro atoms. The van der Waals surface area contributed by atoms with Crippen LogP contribution in [0.5, 0.6) is 17.2 Å². The smallest absolute Gasteiger partial charge is 0.258 e. The van der Waals surface area contributed by atoms with Gasteiger partial charge in [-0.3, -0.25) is 4.79 Å². The summed E-state index contributed by atoms with van der Waals surface area (Å²) < 4.78 is 11.0. The fourth-order valence-corrected chi connectivity index (χ4v) is 2.62. The number of hydrogen-bond donors (Lipinski definition) is 2. The van der Waals surface area contributed by atoms with Gasteiger partial charge in [-0.25, -0.2) is 0 Å². The summed E-state index contributed by atoms with van der Waals surface area (Å²) in [6, 6.07) is 20.3. The zero-order valence-corrected chi connectivity index (χ0v) is 14.6. The number of aromatic hydroxyl groups is 1. The first kappa shape index (κ1) is 17.3. The molecule has 7 heteroatoms. The second kappa shape index (κ2) is 7.24. The number of phenols is 1. The van der Waals surface area contributed by atoms with Gasteiger partial charge in [0.1, 0.15) is 17.2 Å². The van der Waals surface area contributed by atoms with Crippen molar-refractivity contribution in [2.75, 3.05) is 0 Å². The van der Waals surface area contributed by atoms with Crippen LogP contribution >= 0.6 is 0 Å². The third-order valence-corrected chi connectivity index (χ3v) is 4.03. The minimum absolute atomic E-state index is 0.164. The molecular weight excluding hydrogens is 358 g/mol. The number of carbonyl (C=O) groups is 1. The molecule has 7 nitrogen and oxygen atoms in total. The molecule has 0 radical (unpaired) electrons. The van der Waals surface area contributed by atoms with Gasteiger partial charge in [0, 0.05) is 11.1 Å². The first-order chi connectivity index (χ1) is 13.6. The van der Waals surface area contributed by atoms with Crippen LogP contribution in [0.3, 0.4) is 0 Å². The van der Waals surface area contributed by atoms with Gasteiger partial charge in [0.25, 0.3) is 11.8 Å². The van der Waals surface area contributed by atoms with E-state index in [-0.39, 0.29) is 5.75 Å². The topological polar surface area (TPSA) is 111 Å². The van der Waals surface area contributed by atoms with Crippen molar-refractivity contribution in [3.63, 3.8) is 0 Å². The molecule has 0 saturated heterocycles. The van der Waals surface area contributed by atoms with Crippen LogP contribution in [0.4, 0.5) is 0 Å². The number of nitrogens with zero attached hydrogens (tertiary/aromatic N) is 2. The standard InChI is InChI=1S/C21H15N3O4/c22-19(26)17-3-1-2-4-18(17)27-16-11-7-13(8-12-16)20-23-21(28-24-20)14-5-9-15(25)10-6-14/h1-12,25H,(H2,22,26). The highest BCUT2D eigenvalue weighted by molar-refractivity contribution is 5.95. The van der Waals surface area contributed by atoms with Gasteiger partial charge in [-0.05, 0) is 60.7 Å². The number of aromatic nitrogens is 2. The summed E-state index contributed by atoms with van der Waals surface area (Å²) >= 11 is 0. The molecule has 0 bridgehead atoms. The summed E-state index contributed by atoms with van der Waals surface area (Å²) in [7, 11) is 0. The van der Waals surface area contributed by atoms with E-state index in [4.69, 9.17) is 15.0 Å². The van der Waals surface area contributed by atoms with E-state index in [1.165, 1.54) is 0 Å². The number of para-hydroxylation sites is 1. The zero-order valence-electron chi connectivity index (χ0n) is 14.6. The lowest BCUT2D eigenvalue weighted by atomic mass is 10.2. The monoisotopic (exact) mass is 373 g/mol. The highest BCUT2D eigenvalue weighted by Crippen LogP contribution is 2.28. The van der Waals surface area contributed by atoms with E-state index in [1.807, 2.05) is 0 Å². The molecule has 0 aliphatic heterocycles. The number of amides is 1. The lowest BCUT2D eigenvalue weighted by Crippen LogP contribution is -2.11. The second-order valence-corrected chi connectivity index (χ2v) is 5.96. The van der Waals surface area contributed by atoms with Gasteiger partial charge in [-0.2, -0.15) is 4.98 Å². The summed E-state index contributed by atoms with van der Waals surface area (Å²) in [5.74, 6) is 1.31. The number of carbonyl (C=O) groups excluding carboxylic acids is 1. The Hall–Kier alpha value is -4.13. The van der Waals surface area contributed by atoms with Gasteiger partial charge in [-0.15, -0.1) is 0 Å². The minimum atomic E-state index is -0.555. The van der Waals surface area contributed by atoms with E-state index in [2.05, 4.69) is 10.1 Å². The molecule has 4 aromatic rings. The van der Waals surface area contributed by atoms with Crippen LogP contribution in [0, 0.1) is 0 Å². The van der Waals surface area contributed by atoms with Gasteiger partial charge < -0.3 is 20.1 Å². The predicted molar refractivity (Wildman–Crippen MR) is 102 cm³/mol. The van der Waals surface area contributed by atoms with Crippen molar-refractivity contribution in [3.8, 4) is 40.1 Å². The lowest BCUT2D eigenvalue weighted by Gasteiger charge is -2.09. The second-order valence-electron chi connectivity index (χ2n) is 5.96. The Labute approximate surface area is 160 Å². The molecule has 1 amide bonds. The third-order valence-electron chi connectivity index (χ3n) is 4.03. The van der Waals surface area contributed by atoms with Crippen molar-refractivity contribution < 1.29 is 19.2 Å². The van der Waals surface area contributed by atoms with E-state index >= 15 is 0 Å². The Morgan fingerprint density at radius 2 is 1.61 bits per heavy atom. The third kappa shape index (κ3) is 3.54. The molecule has 0 aliphatic rings. The van der Waals surface area contributed by atoms with Gasteiger partial charge in [-0.1, -0.05) is 17.3 Å². The van der Waals surface area contributed by atoms with E-state index in [9.17, 15) is 9.90 Å². The highest BCUT2D eigenvalue weighted by atomic mass is 16.5. The molecule has 138 valence electrons. The van der Waals surface area contributed by atoms with Crippen molar-refractivity contribution in [1.29, 1.82) is 0 Å². The van der Waals surface area contributed by atoms with Crippen LogP contribution in [-0.4, -0.2) is 21.2 Å². The van der Waals surface area contributed by atoms with Crippen molar-refractivity contribution >= 4 is 5.91 Å². The van der Waals surface area contributed by atoms with Crippen molar-refractivity contribution in [1.82, 2.24) is 10.1 Å². The average molecular weight is 373 g/mol. The molecule has 3 N–H and O–H groups in total. The van der Waals surface area contributed by atoms with Crippen LogP contribution in [0.2, 0.25) is 0 Å². The summed E-state index contributed by atoms with van der Waals surface area (Å²) in [5.41, 5.74) is 7.12. The van der Waals surface area contributed by atoms with E-state index in [0.29, 0.717) is 34.3 Å². The van der Waals surface area contributed by atoms with E-state index in [0.717, 1.165) is 5.56 Å². The summed E-state index contributed by atoms with van der Waals surface area (Å²) in [6.45, 7) is 0. The maximum Gasteiger partial charge on any atom is 0.258 e. The Morgan fingerprint density at radius 1 is 0.929 bits per heavy atom. The van der Waals surface area contributed by atoms with E-state index < -0.39 is 5.91 Å². The Morgan fingerprint density at radius 3 is 2.32 bits per heavy atom. The Bertz CT molecular complexity index is 1120. The van der Waals surface area contributed by atoms with Crippen molar-refractivity contribution in [2.45, 2.75) is 0 Å². The highest BCUT2D eigenvalue weighted by Gasteiger charge is 2.12. The first-order valence-corrected chi connectivity index (χ1v) is 8.40. The number of phenolic OH excluding ortho intramolecular Hbond substituents is 1. The number of ether oxygens (including phenoxy) is 1. The van der Waals surface area contributed by atoms with Gasteiger partial charge in [0.05, 0.1) is 5.56 Å². The molecule has 0 aliphatic carbocycles. The molecule has 0 atom stereocenters. The van der Waals surface area contributed by atoms with Crippen LogP contribution in [0.1, 0.15) is 10.4 Å². The SMILES string of the molecule is NC(=O)c1ccccc1Oc1ccc(-c2noc(-c3ccc(O)cc3)n2)cc1. The molecule has 0 fully saturated rings. The number of rotatable bonds is 5. The van der Waals surface area contributed by atoms with Gasteiger partial charge in [0.15, 0.2) is 0 Å². The molecule has 0 saturated carbocycles. The molecule has 1 aromatic heterocycles.